The van der Waals surface area contributed by atoms with Crippen LogP contribution in [0.3, 0.4) is 0 Å². The second-order valence-corrected chi connectivity index (χ2v) is 7.24. The average Bonchev–Trinajstić information content (AvgIpc) is 2.84. The maximum absolute atomic E-state index is 12.4. The lowest BCUT2D eigenvalue weighted by Crippen LogP contribution is -2.27. The van der Waals surface area contributed by atoms with Gasteiger partial charge in [0.05, 0.1) is 23.3 Å². The summed E-state index contributed by atoms with van der Waals surface area (Å²) in [6.45, 7) is 10.5. The molecule has 2 rings (SSSR count). The second-order valence-electron chi connectivity index (χ2n) is 6.28. The SMILES string of the molecule is CCOC(=O)/C=C1\CSC2=C(C(=O)OC(C)C)C(C)(C)CN21. The summed E-state index contributed by atoms with van der Waals surface area (Å²) in [5, 5.41) is 0.909. The molecule has 1 fully saturated rings. The summed E-state index contributed by atoms with van der Waals surface area (Å²) >= 11 is 1.58. The number of carbonyl (C=O) groups excluding carboxylic acids is 2. The van der Waals surface area contributed by atoms with Crippen molar-refractivity contribution >= 4 is 23.7 Å². The molecule has 0 aromatic carbocycles. The van der Waals surface area contributed by atoms with Gasteiger partial charge in [-0.05, 0) is 20.8 Å². The summed E-state index contributed by atoms with van der Waals surface area (Å²) in [5.74, 6) is 0.0700. The standard InChI is InChI=1S/C16H23NO4S/c1-6-20-12(18)7-11-8-22-14-13(15(19)21-10(2)3)16(4,5)9-17(11)14/h7,10H,6,8-9H2,1-5H3/b11-7+. The van der Waals surface area contributed by atoms with E-state index in [1.807, 2.05) is 32.6 Å². The molecule has 0 aliphatic carbocycles. The van der Waals surface area contributed by atoms with Gasteiger partial charge in [-0.15, -0.1) is 11.8 Å². The van der Waals surface area contributed by atoms with Crippen molar-refractivity contribution in [2.24, 2.45) is 5.41 Å². The molecule has 0 radical (unpaired) electrons. The van der Waals surface area contributed by atoms with Gasteiger partial charge in [0.15, 0.2) is 0 Å². The number of hydrogen-bond donors (Lipinski definition) is 0. The lowest BCUT2D eigenvalue weighted by atomic mass is 9.87. The van der Waals surface area contributed by atoms with Crippen molar-refractivity contribution in [2.75, 3.05) is 18.9 Å². The van der Waals surface area contributed by atoms with Crippen molar-refractivity contribution in [1.82, 2.24) is 4.90 Å². The molecule has 0 N–H and O–H groups in total. The van der Waals surface area contributed by atoms with E-state index in [0.717, 1.165) is 10.7 Å². The van der Waals surface area contributed by atoms with E-state index in [4.69, 9.17) is 9.47 Å². The molecule has 0 spiro atoms. The van der Waals surface area contributed by atoms with E-state index in [1.165, 1.54) is 6.08 Å². The van der Waals surface area contributed by atoms with Gasteiger partial charge in [-0.1, -0.05) is 13.8 Å². The van der Waals surface area contributed by atoms with Crippen LogP contribution >= 0.6 is 11.8 Å². The summed E-state index contributed by atoms with van der Waals surface area (Å²) in [6, 6.07) is 0. The minimum atomic E-state index is -0.338. The number of ether oxygens (including phenoxy) is 2. The van der Waals surface area contributed by atoms with E-state index in [1.54, 1.807) is 18.7 Å². The summed E-state index contributed by atoms with van der Waals surface area (Å²) in [5.41, 5.74) is 1.29. The van der Waals surface area contributed by atoms with E-state index in [-0.39, 0.29) is 23.5 Å². The number of thioether (sulfide) groups is 1. The van der Waals surface area contributed by atoms with E-state index >= 15 is 0 Å². The monoisotopic (exact) mass is 325 g/mol. The van der Waals surface area contributed by atoms with Crippen LogP contribution in [0.4, 0.5) is 0 Å². The number of nitrogens with zero attached hydrogens (tertiary/aromatic N) is 1. The molecule has 2 aliphatic heterocycles. The normalized spacial score (nSPS) is 21.5. The number of rotatable bonds is 4. The largest absolute Gasteiger partial charge is 0.463 e. The number of hydrogen-bond acceptors (Lipinski definition) is 6. The van der Waals surface area contributed by atoms with E-state index in [9.17, 15) is 9.59 Å². The van der Waals surface area contributed by atoms with Crippen LogP contribution in [0.5, 0.6) is 0 Å². The predicted molar refractivity (Wildman–Crippen MR) is 85.9 cm³/mol. The molecule has 0 bridgehead atoms. The molecule has 2 aliphatic rings. The van der Waals surface area contributed by atoms with Crippen LogP contribution in [0.2, 0.25) is 0 Å². The van der Waals surface area contributed by atoms with Gasteiger partial charge in [-0.2, -0.15) is 0 Å². The van der Waals surface area contributed by atoms with Crippen molar-refractivity contribution in [3.05, 3.63) is 22.4 Å². The van der Waals surface area contributed by atoms with Crippen molar-refractivity contribution < 1.29 is 19.1 Å². The topological polar surface area (TPSA) is 55.8 Å². The van der Waals surface area contributed by atoms with Gasteiger partial charge in [0.25, 0.3) is 0 Å². The molecule has 0 saturated carbocycles. The highest BCUT2D eigenvalue weighted by atomic mass is 32.2. The van der Waals surface area contributed by atoms with Crippen LogP contribution in [0, 0.1) is 5.41 Å². The lowest BCUT2D eigenvalue weighted by Gasteiger charge is -2.23. The molecule has 122 valence electrons. The summed E-state index contributed by atoms with van der Waals surface area (Å²) in [6.07, 6.45) is 1.38. The van der Waals surface area contributed by atoms with Crippen molar-refractivity contribution in [1.29, 1.82) is 0 Å². The molecule has 6 heteroatoms. The maximum Gasteiger partial charge on any atom is 0.337 e. The van der Waals surface area contributed by atoms with E-state index in [2.05, 4.69) is 0 Å². The third-order valence-electron chi connectivity index (χ3n) is 3.51. The Labute approximate surface area is 135 Å². The van der Waals surface area contributed by atoms with Crippen LogP contribution in [-0.4, -0.2) is 41.8 Å². The lowest BCUT2D eigenvalue weighted by molar-refractivity contribution is -0.143. The Morgan fingerprint density at radius 1 is 1.41 bits per heavy atom. The van der Waals surface area contributed by atoms with Crippen LogP contribution in [0.1, 0.15) is 34.6 Å². The average molecular weight is 325 g/mol. The van der Waals surface area contributed by atoms with Crippen molar-refractivity contribution in [3.8, 4) is 0 Å². The van der Waals surface area contributed by atoms with Gasteiger partial charge < -0.3 is 14.4 Å². The van der Waals surface area contributed by atoms with E-state index < -0.39 is 0 Å². The third kappa shape index (κ3) is 3.32. The van der Waals surface area contributed by atoms with Gasteiger partial charge in [0.2, 0.25) is 0 Å². The first-order valence-corrected chi connectivity index (χ1v) is 8.48. The molecule has 0 aromatic heterocycles. The van der Waals surface area contributed by atoms with Crippen LogP contribution in [-0.2, 0) is 19.1 Å². The molecule has 5 nitrogen and oxygen atoms in total. The Balaban J connectivity index is 2.29. The molecule has 0 amide bonds. The smallest absolute Gasteiger partial charge is 0.337 e. The van der Waals surface area contributed by atoms with Gasteiger partial charge in [-0.25, -0.2) is 9.59 Å². The van der Waals surface area contributed by atoms with Crippen molar-refractivity contribution in [3.63, 3.8) is 0 Å². The third-order valence-corrected chi connectivity index (χ3v) is 4.65. The first-order chi connectivity index (χ1) is 10.3. The molecule has 2 heterocycles. The zero-order valence-corrected chi connectivity index (χ0v) is 14.6. The minimum absolute atomic E-state index is 0.147. The van der Waals surface area contributed by atoms with Crippen LogP contribution < -0.4 is 0 Å². The highest BCUT2D eigenvalue weighted by Crippen LogP contribution is 2.50. The molecule has 0 aromatic rings. The fraction of sp³-hybridized carbons (Fsp3) is 0.625. The Kier molecular flexibility index (Phi) is 4.90. The summed E-state index contributed by atoms with van der Waals surface area (Å²) < 4.78 is 10.4. The van der Waals surface area contributed by atoms with Gasteiger partial charge >= 0.3 is 11.9 Å². The molecule has 22 heavy (non-hydrogen) atoms. The number of fused-ring (bicyclic) bond motifs is 1. The number of carbonyl (C=O) groups is 2. The van der Waals surface area contributed by atoms with Crippen LogP contribution in [0.15, 0.2) is 22.4 Å². The zero-order valence-electron chi connectivity index (χ0n) is 13.8. The zero-order chi connectivity index (χ0) is 16.5. The molecule has 0 atom stereocenters. The Morgan fingerprint density at radius 3 is 2.68 bits per heavy atom. The minimum Gasteiger partial charge on any atom is -0.463 e. The van der Waals surface area contributed by atoms with Crippen LogP contribution in [0.25, 0.3) is 0 Å². The highest BCUT2D eigenvalue weighted by Gasteiger charge is 2.46. The second kappa shape index (κ2) is 6.36. The molecule has 1 saturated heterocycles. The molecular weight excluding hydrogens is 302 g/mol. The summed E-state index contributed by atoms with van der Waals surface area (Å²) in [7, 11) is 0. The first kappa shape index (κ1) is 16.9. The maximum atomic E-state index is 12.4. The highest BCUT2D eigenvalue weighted by molar-refractivity contribution is 8.03. The van der Waals surface area contributed by atoms with E-state index in [0.29, 0.717) is 24.5 Å². The van der Waals surface area contributed by atoms with Gasteiger partial charge in [0, 0.05) is 29.5 Å². The fourth-order valence-electron chi connectivity index (χ4n) is 2.65. The Bertz CT molecular complexity index is 548. The number of esters is 2. The fourth-order valence-corrected chi connectivity index (χ4v) is 4.01. The summed E-state index contributed by atoms with van der Waals surface area (Å²) in [4.78, 5) is 26.1. The van der Waals surface area contributed by atoms with Crippen molar-refractivity contribution in [2.45, 2.75) is 40.7 Å². The van der Waals surface area contributed by atoms with Gasteiger partial charge in [0.1, 0.15) is 0 Å². The Hall–Kier alpha value is -1.43. The molecule has 0 unspecified atom stereocenters. The predicted octanol–water partition coefficient (Wildman–Crippen LogP) is 2.69. The quantitative estimate of drug-likeness (QED) is 0.585. The Morgan fingerprint density at radius 2 is 2.09 bits per heavy atom. The van der Waals surface area contributed by atoms with Gasteiger partial charge in [-0.3, -0.25) is 0 Å². The molecular formula is C16H23NO4S. The first-order valence-electron chi connectivity index (χ1n) is 7.49.